The molecule has 0 saturated heterocycles. The molecule has 1 unspecified atom stereocenters. The van der Waals surface area contributed by atoms with Gasteiger partial charge >= 0.3 is 18.2 Å². The molecule has 2 heterocycles. The van der Waals surface area contributed by atoms with Gasteiger partial charge in [-0.05, 0) is 55.8 Å². The molecule has 3 N–H and O–H groups in total. The first-order valence-corrected chi connectivity index (χ1v) is 12.9. The quantitative estimate of drug-likeness (QED) is 0.174. The van der Waals surface area contributed by atoms with E-state index in [0.29, 0.717) is 11.3 Å². The molecule has 3 amide bonds. The van der Waals surface area contributed by atoms with Gasteiger partial charge in [-0.1, -0.05) is 18.2 Å². The minimum Gasteiger partial charge on any atom is -0.493 e. The van der Waals surface area contributed by atoms with Gasteiger partial charge in [0.15, 0.2) is 18.1 Å². The number of carbonyl (C=O) groups is 3. The van der Waals surface area contributed by atoms with Gasteiger partial charge in [0.2, 0.25) is 0 Å². The van der Waals surface area contributed by atoms with Crippen LogP contribution in [0.25, 0.3) is 11.3 Å². The third-order valence-electron chi connectivity index (χ3n) is 6.13. The van der Waals surface area contributed by atoms with E-state index in [1.54, 1.807) is 26.0 Å². The smallest absolute Gasteiger partial charge is 0.416 e. The molecule has 43 heavy (non-hydrogen) atoms. The number of rotatable bonds is 10. The maximum absolute atomic E-state index is 13.0. The largest absolute Gasteiger partial charge is 0.493 e. The summed E-state index contributed by atoms with van der Waals surface area (Å²) in [6.45, 7) is 2.97. The number of amides is 3. The van der Waals surface area contributed by atoms with Crippen molar-refractivity contribution in [2.24, 2.45) is 5.10 Å². The number of ether oxygens (including phenoxy) is 3. The molecule has 1 aliphatic rings. The van der Waals surface area contributed by atoms with Gasteiger partial charge in [0.1, 0.15) is 11.5 Å². The highest BCUT2D eigenvalue weighted by Crippen LogP contribution is 2.35. The Morgan fingerprint density at radius 1 is 1.12 bits per heavy atom. The summed E-state index contributed by atoms with van der Waals surface area (Å²) in [7, 11) is 1.39. The number of hydrogen-bond donors (Lipinski definition) is 3. The van der Waals surface area contributed by atoms with Gasteiger partial charge in [-0.3, -0.25) is 4.79 Å². The second-order valence-electron chi connectivity index (χ2n) is 9.06. The van der Waals surface area contributed by atoms with E-state index in [4.69, 9.17) is 18.6 Å². The summed E-state index contributed by atoms with van der Waals surface area (Å²) in [6, 6.07) is 11.1. The van der Waals surface area contributed by atoms with Crippen molar-refractivity contribution < 1.29 is 46.2 Å². The molecule has 2 aromatic carbocycles. The lowest BCUT2D eigenvalue weighted by atomic mass is 9.95. The predicted molar refractivity (Wildman–Crippen MR) is 147 cm³/mol. The molecule has 1 aliphatic heterocycles. The summed E-state index contributed by atoms with van der Waals surface area (Å²) >= 11 is 0. The molecule has 0 radical (unpaired) electrons. The van der Waals surface area contributed by atoms with Crippen LogP contribution in [0.15, 0.2) is 75.4 Å². The van der Waals surface area contributed by atoms with E-state index >= 15 is 0 Å². The zero-order valence-corrected chi connectivity index (χ0v) is 23.2. The third kappa shape index (κ3) is 7.52. The van der Waals surface area contributed by atoms with Gasteiger partial charge in [-0.15, -0.1) is 0 Å². The maximum atomic E-state index is 13.0. The van der Waals surface area contributed by atoms with Crippen molar-refractivity contribution in [3.63, 3.8) is 0 Å². The summed E-state index contributed by atoms with van der Waals surface area (Å²) in [4.78, 5) is 37.0. The number of hydrogen-bond acceptors (Lipinski definition) is 8. The Kier molecular flexibility index (Phi) is 9.38. The summed E-state index contributed by atoms with van der Waals surface area (Å²) in [5.41, 5.74) is 2.79. The summed E-state index contributed by atoms with van der Waals surface area (Å²) < 4.78 is 60.6. The van der Waals surface area contributed by atoms with Crippen LogP contribution in [0.4, 0.5) is 18.0 Å². The molecular weight excluding hydrogens is 573 g/mol. The van der Waals surface area contributed by atoms with Gasteiger partial charge < -0.3 is 29.3 Å². The number of allylic oxidation sites excluding steroid dienone is 1. The van der Waals surface area contributed by atoms with E-state index in [1.165, 1.54) is 43.7 Å². The number of nitrogens with one attached hydrogen (secondary N) is 3. The summed E-state index contributed by atoms with van der Waals surface area (Å²) in [5, 5.41) is 9.03. The second-order valence-corrected chi connectivity index (χ2v) is 9.06. The Labute approximate surface area is 243 Å². The van der Waals surface area contributed by atoms with Gasteiger partial charge in [-0.25, -0.2) is 15.0 Å². The van der Waals surface area contributed by atoms with Crippen LogP contribution >= 0.6 is 0 Å². The number of benzene rings is 2. The highest BCUT2D eigenvalue weighted by Gasteiger charge is 2.33. The van der Waals surface area contributed by atoms with Crippen molar-refractivity contribution in [1.82, 2.24) is 16.1 Å². The third-order valence-corrected chi connectivity index (χ3v) is 6.13. The van der Waals surface area contributed by atoms with Gasteiger partial charge in [0.05, 0.1) is 37.1 Å². The minimum atomic E-state index is -4.49. The zero-order chi connectivity index (χ0) is 31.1. The Morgan fingerprint density at radius 3 is 2.63 bits per heavy atom. The average Bonchev–Trinajstić information content (AvgIpc) is 3.44. The Bertz CT molecular complexity index is 1580. The molecule has 4 rings (SSSR count). The molecule has 0 bridgehead atoms. The molecular formula is C29H27F3N4O7. The van der Waals surface area contributed by atoms with Crippen LogP contribution in [-0.4, -0.2) is 44.4 Å². The van der Waals surface area contributed by atoms with Crippen LogP contribution in [0, 0.1) is 0 Å². The predicted octanol–water partition coefficient (Wildman–Crippen LogP) is 4.69. The fourth-order valence-electron chi connectivity index (χ4n) is 4.18. The van der Waals surface area contributed by atoms with Gasteiger partial charge in [0.25, 0.3) is 5.91 Å². The van der Waals surface area contributed by atoms with E-state index in [-0.39, 0.29) is 40.8 Å². The number of urea groups is 1. The molecule has 1 aromatic heterocycles. The normalized spacial score (nSPS) is 15.1. The van der Waals surface area contributed by atoms with Crippen molar-refractivity contribution in [3.05, 3.63) is 82.8 Å². The standard InChI is InChI=1S/C29H27F3N4O7/c1-4-41-27(38)25-16(2)34-28(39)35-26(25)18-8-10-22(23(13-18)40-3)42-15-24(37)36-33-14-20-9-11-21(43-20)17-6-5-7-19(12-17)29(30,31)32/h5-14,26H,4,15H2,1-3H3,(H,36,37)(H2,34,35,39)/b33-14+. The topological polar surface area (TPSA) is 140 Å². The number of halogens is 3. The number of furan rings is 1. The molecule has 11 nitrogen and oxygen atoms in total. The van der Waals surface area contributed by atoms with Crippen LogP contribution in [0.3, 0.4) is 0 Å². The SMILES string of the molecule is CCOC(=O)C1=C(C)NC(=O)NC1c1ccc(OCC(=O)N/N=C/c2ccc(-c3cccc(C(F)(F)F)c3)o2)c(OC)c1. The van der Waals surface area contributed by atoms with E-state index in [1.807, 2.05) is 0 Å². The van der Waals surface area contributed by atoms with Crippen LogP contribution in [0.5, 0.6) is 11.5 Å². The lowest BCUT2D eigenvalue weighted by molar-refractivity contribution is -0.139. The summed E-state index contributed by atoms with van der Waals surface area (Å²) in [5.74, 6) is -0.374. The molecule has 0 fully saturated rings. The van der Waals surface area contributed by atoms with Crippen molar-refractivity contribution in [2.75, 3.05) is 20.3 Å². The van der Waals surface area contributed by atoms with E-state index in [0.717, 1.165) is 12.1 Å². The average molecular weight is 601 g/mol. The lowest BCUT2D eigenvalue weighted by Crippen LogP contribution is -2.45. The first-order chi connectivity index (χ1) is 20.5. The zero-order valence-electron chi connectivity index (χ0n) is 23.2. The van der Waals surface area contributed by atoms with E-state index < -0.39 is 42.3 Å². The number of nitrogens with zero attached hydrogens (tertiary/aromatic N) is 1. The van der Waals surface area contributed by atoms with E-state index in [2.05, 4.69) is 21.2 Å². The van der Waals surface area contributed by atoms with Gasteiger partial charge in [0, 0.05) is 11.3 Å². The number of alkyl halides is 3. The van der Waals surface area contributed by atoms with Crippen LogP contribution in [0.1, 0.15) is 36.8 Å². The number of hydrazone groups is 1. The molecule has 226 valence electrons. The van der Waals surface area contributed by atoms with Crippen molar-refractivity contribution in [3.8, 4) is 22.8 Å². The Balaban J connectivity index is 1.37. The van der Waals surface area contributed by atoms with Crippen molar-refractivity contribution in [1.29, 1.82) is 0 Å². The first kappa shape index (κ1) is 30.7. The molecule has 0 saturated carbocycles. The van der Waals surface area contributed by atoms with Gasteiger partial charge in [-0.2, -0.15) is 18.3 Å². The van der Waals surface area contributed by atoms with Crippen LogP contribution in [-0.2, 0) is 20.5 Å². The monoisotopic (exact) mass is 600 g/mol. The summed E-state index contributed by atoms with van der Waals surface area (Å²) in [6.07, 6.45) is -3.30. The fraction of sp³-hybridized carbons (Fsp3) is 0.241. The highest BCUT2D eigenvalue weighted by molar-refractivity contribution is 5.95. The second kappa shape index (κ2) is 13.1. The molecule has 0 aliphatic carbocycles. The van der Waals surface area contributed by atoms with Crippen molar-refractivity contribution >= 4 is 24.1 Å². The first-order valence-electron chi connectivity index (χ1n) is 12.9. The number of methoxy groups -OCH3 is 1. The highest BCUT2D eigenvalue weighted by atomic mass is 19.4. The fourth-order valence-corrected chi connectivity index (χ4v) is 4.18. The molecule has 0 spiro atoms. The Hall–Kier alpha value is -5.27. The number of carbonyl (C=O) groups excluding carboxylic acids is 3. The maximum Gasteiger partial charge on any atom is 0.416 e. The Morgan fingerprint density at radius 2 is 1.91 bits per heavy atom. The molecule has 14 heteroatoms. The van der Waals surface area contributed by atoms with Crippen LogP contribution < -0.4 is 25.5 Å². The van der Waals surface area contributed by atoms with Crippen molar-refractivity contribution in [2.45, 2.75) is 26.1 Å². The number of esters is 1. The minimum absolute atomic E-state index is 0.154. The van der Waals surface area contributed by atoms with E-state index in [9.17, 15) is 27.6 Å². The van der Waals surface area contributed by atoms with Crippen LogP contribution in [0.2, 0.25) is 0 Å². The lowest BCUT2D eigenvalue weighted by Gasteiger charge is -2.28. The molecule has 3 aromatic rings. The molecule has 1 atom stereocenters.